The van der Waals surface area contributed by atoms with E-state index in [4.69, 9.17) is 0 Å². The van der Waals surface area contributed by atoms with Crippen LogP contribution in [0.3, 0.4) is 0 Å². The average molecular weight is 431 g/mol. The van der Waals surface area contributed by atoms with Gasteiger partial charge in [0.25, 0.3) is 0 Å². The van der Waals surface area contributed by atoms with Gasteiger partial charge in [0.15, 0.2) is 0 Å². The smallest absolute Gasteiger partial charge is 0.0761 e. The standard InChI is InChI=1S/C17H21Br2NS/c1-5-6-20-16(13-9-14(18)21-17(13)19)15-11(3)7-10(2)8-12(15)4/h7-9,16,20H,5-6H2,1-4H3. The Bertz CT molecular complexity index is 611. The monoisotopic (exact) mass is 429 g/mol. The summed E-state index contributed by atoms with van der Waals surface area (Å²) in [6.07, 6.45) is 1.13. The summed E-state index contributed by atoms with van der Waals surface area (Å²) in [5, 5.41) is 3.71. The number of thiophene rings is 1. The fraction of sp³-hybridized carbons (Fsp3) is 0.412. The van der Waals surface area contributed by atoms with Crippen molar-refractivity contribution in [3.63, 3.8) is 0 Å². The van der Waals surface area contributed by atoms with Crippen molar-refractivity contribution in [3.8, 4) is 0 Å². The lowest BCUT2D eigenvalue weighted by atomic mass is 9.91. The molecule has 0 saturated carbocycles. The molecule has 2 aromatic rings. The van der Waals surface area contributed by atoms with Crippen LogP contribution in [-0.4, -0.2) is 6.54 Å². The van der Waals surface area contributed by atoms with E-state index in [2.05, 4.69) is 83.1 Å². The molecule has 0 aliphatic carbocycles. The third kappa shape index (κ3) is 3.98. The van der Waals surface area contributed by atoms with Gasteiger partial charge in [-0.05, 0) is 93.9 Å². The molecule has 0 spiro atoms. The Balaban J connectivity index is 2.53. The summed E-state index contributed by atoms with van der Waals surface area (Å²) in [6.45, 7) is 9.81. The second-order valence-electron chi connectivity index (χ2n) is 5.48. The summed E-state index contributed by atoms with van der Waals surface area (Å²) < 4.78 is 2.36. The van der Waals surface area contributed by atoms with Crippen molar-refractivity contribution in [1.29, 1.82) is 0 Å². The number of benzene rings is 1. The number of nitrogens with one attached hydrogen (secondary N) is 1. The molecule has 1 N–H and O–H groups in total. The van der Waals surface area contributed by atoms with Crippen LogP contribution in [0.1, 0.15) is 47.2 Å². The molecule has 1 aromatic heterocycles. The molecule has 21 heavy (non-hydrogen) atoms. The van der Waals surface area contributed by atoms with Crippen LogP contribution in [0.25, 0.3) is 0 Å². The second kappa shape index (κ2) is 7.40. The van der Waals surface area contributed by atoms with Gasteiger partial charge in [-0.2, -0.15) is 0 Å². The van der Waals surface area contributed by atoms with Crippen LogP contribution in [0.4, 0.5) is 0 Å². The summed E-state index contributed by atoms with van der Waals surface area (Å²) in [7, 11) is 0. The molecule has 0 aliphatic rings. The third-order valence-corrected chi connectivity index (χ3v) is 6.00. The molecule has 114 valence electrons. The first kappa shape index (κ1) is 17.2. The third-order valence-electron chi connectivity index (χ3n) is 3.62. The van der Waals surface area contributed by atoms with Crippen LogP contribution in [0, 0.1) is 20.8 Å². The molecule has 1 atom stereocenters. The van der Waals surface area contributed by atoms with Crippen LogP contribution >= 0.6 is 43.2 Å². The maximum atomic E-state index is 3.72. The molecular formula is C17H21Br2NS. The highest BCUT2D eigenvalue weighted by Gasteiger charge is 2.22. The van der Waals surface area contributed by atoms with E-state index in [1.807, 2.05) is 0 Å². The van der Waals surface area contributed by atoms with Gasteiger partial charge in [0, 0.05) is 0 Å². The fourth-order valence-electron chi connectivity index (χ4n) is 2.85. The first-order valence-electron chi connectivity index (χ1n) is 7.19. The number of halogens is 2. The predicted octanol–water partition coefficient (Wildman–Crippen LogP) is 6.29. The number of aryl methyl sites for hydroxylation is 3. The molecule has 0 aliphatic heterocycles. The Morgan fingerprint density at radius 3 is 2.19 bits per heavy atom. The average Bonchev–Trinajstić information content (AvgIpc) is 2.71. The van der Waals surface area contributed by atoms with E-state index in [0.29, 0.717) is 0 Å². The molecule has 0 bridgehead atoms. The van der Waals surface area contributed by atoms with Crippen molar-refractivity contribution in [2.45, 2.75) is 40.2 Å². The van der Waals surface area contributed by atoms with Crippen molar-refractivity contribution in [2.75, 3.05) is 6.54 Å². The highest BCUT2D eigenvalue weighted by Crippen LogP contribution is 2.39. The molecule has 0 radical (unpaired) electrons. The predicted molar refractivity (Wildman–Crippen MR) is 101 cm³/mol. The normalized spacial score (nSPS) is 12.7. The van der Waals surface area contributed by atoms with E-state index in [1.54, 1.807) is 11.3 Å². The number of hydrogen-bond acceptors (Lipinski definition) is 2. The van der Waals surface area contributed by atoms with E-state index in [1.165, 1.54) is 31.6 Å². The Labute approximate surface area is 148 Å². The molecule has 1 aromatic carbocycles. The quantitative estimate of drug-likeness (QED) is 0.587. The van der Waals surface area contributed by atoms with Crippen LogP contribution in [0.2, 0.25) is 0 Å². The van der Waals surface area contributed by atoms with Crippen LogP contribution in [0.5, 0.6) is 0 Å². The van der Waals surface area contributed by atoms with Crippen LogP contribution in [-0.2, 0) is 0 Å². The van der Waals surface area contributed by atoms with Gasteiger partial charge >= 0.3 is 0 Å². The summed E-state index contributed by atoms with van der Waals surface area (Å²) in [6, 6.07) is 7.01. The highest BCUT2D eigenvalue weighted by atomic mass is 79.9. The van der Waals surface area contributed by atoms with Crippen molar-refractivity contribution in [1.82, 2.24) is 5.32 Å². The van der Waals surface area contributed by atoms with E-state index < -0.39 is 0 Å². The lowest BCUT2D eigenvalue weighted by molar-refractivity contribution is 0.593. The van der Waals surface area contributed by atoms with E-state index in [9.17, 15) is 0 Å². The van der Waals surface area contributed by atoms with Crippen molar-refractivity contribution >= 4 is 43.2 Å². The fourth-order valence-corrected chi connectivity index (χ4v) is 5.75. The first-order valence-corrected chi connectivity index (χ1v) is 9.60. The van der Waals surface area contributed by atoms with Gasteiger partial charge in [0.2, 0.25) is 0 Å². The topological polar surface area (TPSA) is 12.0 Å². The molecule has 2 rings (SSSR count). The Morgan fingerprint density at radius 2 is 1.71 bits per heavy atom. The summed E-state index contributed by atoms with van der Waals surface area (Å²) in [5.41, 5.74) is 6.76. The minimum absolute atomic E-state index is 0.238. The zero-order valence-electron chi connectivity index (χ0n) is 12.9. The van der Waals surface area contributed by atoms with Gasteiger partial charge in [-0.1, -0.05) is 24.6 Å². The summed E-state index contributed by atoms with van der Waals surface area (Å²) in [4.78, 5) is 0. The Morgan fingerprint density at radius 1 is 1.10 bits per heavy atom. The van der Waals surface area contributed by atoms with Crippen molar-refractivity contribution in [3.05, 3.63) is 53.6 Å². The molecule has 1 unspecified atom stereocenters. The highest BCUT2D eigenvalue weighted by molar-refractivity contribution is 9.12. The minimum Gasteiger partial charge on any atom is -0.306 e. The first-order chi connectivity index (χ1) is 9.93. The zero-order valence-corrected chi connectivity index (χ0v) is 16.9. The van der Waals surface area contributed by atoms with Gasteiger partial charge in [0.1, 0.15) is 0 Å². The lowest BCUT2D eigenvalue weighted by Crippen LogP contribution is -2.24. The van der Waals surface area contributed by atoms with Gasteiger partial charge in [-0.3, -0.25) is 0 Å². The Hall–Kier alpha value is -0.160. The van der Waals surface area contributed by atoms with Crippen LogP contribution in [0.15, 0.2) is 25.8 Å². The summed E-state index contributed by atoms with van der Waals surface area (Å²) in [5.74, 6) is 0. The molecule has 0 saturated heterocycles. The molecular weight excluding hydrogens is 410 g/mol. The molecule has 1 heterocycles. The largest absolute Gasteiger partial charge is 0.306 e. The SMILES string of the molecule is CCCNC(c1cc(Br)sc1Br)c1c(C)cc(C)cc1C. The molecule has 4 heteroatoms. The number of hydrogen-bond donors (Lipinski definition) is 1. The van der Waals surface area contributed by atoms with E-state index in [-0.39, 0.29) is 6.04 Å². The minimum atomic E-state index is 0.238. The van der Waals surface area contributed by atoms with E-state index in [0.717, 1.165) is 16.8 Å². The van der Waals surface area contributed by atoms with Crippen LogP contribution < -0.4 is 5.32 Å². The van der Waals surface area contributed by atoms with Gasteiger partial charge in [-0.25, -0.2) is 0 Å². The van der Waals surface area contributed by atoms with Gasteiger partial charge < -0.3 is 5.32 Å². The Kier molecular flexibility index (Phi) is 6.06. The molecule has 0 amide bonds. The van der Waals surface area contributed by atoms with Crippen molar-refractivity contribution in [2.24, 2.45) is 0 Å². The molecule has 1 nitrogen and oxygen atoms in total. The van der Waals surface area contributed by atoms with Gasteiger partial charge in [-0.15, -0.1) is 11.3 Å². The maximum Gasteiger partial charge on any atom is 0.0761 e. The number of rotatable bonds is 5. The zero-order chi connectivity index (χ0) is 15.6. The van der Waals surface area contributed by atoms with E-state index >= 15 is 0 Å². The lowest BCUT2D eigenvalue weighted by Gasteiger charge is -2.23. The second-order valence-corrected chi connectivity index (χ2v) is 9.23. The van der Waals surface area contributed by atoms with Crippen molar-refractivity contribution < 1.29 is 0 Å². The molecule has 0 fully saturated rings. The summed E-state index contributed by atoms with van der Waals surface area (Å²) >= 11 is 9.05. The maximum absolute atomic E-state index is 3.72. The van der Waals surface area contributed by atoms with Gasteiger partial charge in [0.05, 0.1) is 13.6 Å².